The van der Waals surface area contributed by atoms with Gasteiger partial charge in [0.15, 0.2) is 5.13 Å². The smallest absolute Gasteiger partial charge is 0.250 e. The first kappa shape index (κ1) is 17.9. The van der Waals surface area contributed by atoms with Gasteiger partial charge in [0.2, 0.25) is 5.91 Å². The van der Waals surface area contributed by atoms with Crippen molar-refractivity contribution in [3.8, 4) is 17.0 Å². The molecule has 0 fully saturated rings. The number of hydrogen-bond acceptors (Lipinski definition) is 4. The van der Waals surface area contributed by atoms with Crippen LogP contribution < -0.4 is 10.1 Å². The fraction of sp³-hybridized carbons (Fsp3) is 0.143. The quantitative estimate of drug-likeness (QED) is 0.624. The van der Waals surface area contributed by atoms with Gasteiger partial charge in [-0.3, -0.25) is 10.1 Å². The van der Waals surface area contributed by atoms with Crippen molar-refractivity contribution in [1.82, 2.24) is 4.98 Å². The molecule has 1 amide bonds. The van der Waals surface area contributed by atoms with Crippen LogP contribution in [0.25, 0.3) is 17.3 Å². The molecule has 0 spiro atoms. The van der Waals surface area contributed by atoms with Gasteiger partial charge in [0.1, 0.15) is 5.75 Å². The van der Waals surface area contributed by atoms with Crippen molar-refractivity contribution in [2.75, 3.05) is 12.4 Å². The fourth-order valence-electron chi connectivity index (χ4n) is 2.41. The first-order chi connectivity index (χ1) is 12.7. The molecule has 132 valence electrons. The van der Waals surface area contributed by atoms with Gasteiger partial charge >= 0.3 is 0 Å². The van der Waals surface area contributed by atoms with Crippen LogP contribution in [-0.4, -0.2) is 18.0 Å². The summed E-state index contributed by atoms with van der Waals surface area (Å²) in [7, 11) is 1.62. The largest absolute Gasteiger partial charge is 0.497 e. The van der Waals surface area contributed by atoms with Gasteiger partial charge in [0.05, 0.1) is 12.8 Å². The van der Waals surface area contributed by atoms with Crippen molar-refractivity contribution < 1.29 is 9.53 Å². The van der Waals surface area contributed by atoms with Crippen molar-refractivity contribution in [1.29, 1.82) is 0 Å². The zero-order chi connectivity index (χ0) is 18.4. The fourth-order valence-corrected chi connectivity index (χ4v) is 3.13. The molecular formula is C21H20N2O2S. The first-order valence-electron chi connectivity index (χ1n) is 8.36. The lowest BCUT2D eigenvalue weighted by atomic mass is 10.1. The molecule has 0 unspecified atom stereocenters. The van der Waals surface area contributed by atoms with Crippen LogP contribution in [0.5, 0.6) is 5.75 Å². The number of methoxy groups -OCH3 is 1. The number of amides is 1. The summed E-state index contributed by atoms with van der Waals surface area (Å²) in [6, 6.07) is 15.8. The number of rotatable bonds is 6. The summed E-state index contributed by atoms with van der Waals surface area (Å²) in [5.74, 6) is 0.580. The van der Waals surface area contributed by atoms with Crippen LogP contribution in [-0.2, 0) is 11.2 Å². The predicted molar refractivity (Wildman–Crippen MR) is 108 cm³/mol. The van der Waals surface area contributed by atoms with E-state index in [1.807, 2.05) is 29.6 Å². The van der Waals surface area contributed by atoms with E-state index in [9.17, 15) is 4.79 Å². The maximum atomic E-state index is 12.1. The lowest BCUT2D eigenvalue weighted by Gasteiger charge is -2.00. The van der Waals surface area contributed by atoms with Crippen LogP contribution in [0.4, 0.5) is 5.13 Å². The molecule has 5 heteroatoms. The van der Waals surface area contributed by atoms with E-state index in [0.29, 0.717) is 5.13 Å². The molecule has 0 bridgehead atoms. The van der Waals surface area contributed by atoms with Crippen LogP contribution >= 0.6 is 11.3 Å². The third kappa shape index (κ3) is 4.58. The number of carbonyl (C=O) groups is 1. The van der Waals surface area contributed by atoms with E-state index in [1.165, 1.54) is 23.0 Å². The standard InChI is InChI=1S/C21H20N2O2S/c1-3-15-4-9-17(10-5-15)19-14-26-21(22-19)23-20(24)13-8-16-6-11-18(25-2)12-7-16/h4-14H,3H2,1-2H3,(H,22,23,24). The molecule has 0 radical (unpaired) electrons. The predicted octanol–water partition coefficient (Wildman–Crippen LogP) is 5.03. The SMILES string of the molecule is CCc1ccc(-c2csc(NC(=O)C=Cc3ccc(OC)cc3)n2)cc1. The lowest BCUT2D eigenvalue weighted by molar-refractivity contribution is -0.111. The van der Waals surface area contributed by atoms with Gasteiger partial charge in [-0.2, -0.15) is 0 Å². The van der Waals surface area contributed by atoms with E-state index < -0.39 is 0 Å². The number of nitrogens with zero attached hydrogens (tertiary/aromatic N) is 1. The van der Waals surface area contributed by atoms with Crippen molar-refractivity contribution in [3.05, 3.63) is 71.1 Å². The molecule has 26 heavy (non-hydrogen) atoms. The minimum Gasteiger partial charge on any atom is -0.497 e. The number of thiazole rings is 1. The van der Waals surface area contributed by atoms with E-state index in [0.717, 1.165) is 29.0 Å². The number of aromatic nitrogens is 1. The Morgan fingerprint density at radius 2 is 1.88 bits per heavy atom. The molecule has 4 nitrogen and oxygen atoms in total. The Bertz CT molecular complexity index is 897. The maximum absolute atomic E-state index is 12.1. The summed E-state index contributed by atoms with van der Waals surface area (Å²) in [5.41, 5.74) is 4.14. The average Bonchev–Trinajstić information content (AvgIpc) is 3.15. The maximum Gasteiger partial charge on any atom is 0.250 e. The van der Waals surface area contributed by atoms with Crippen LogP contribution in [0.3, 0.4) is 0 Å². The highest BCUT2D eigenvalue weighted by Crippen LogP contribution is 2.25. The molecule has 0 aliphatic carbocycles. The number of aryl methyl sites for hydroxylation is 1. The van der Waals surface area contributed by atoms with E-state index in [4.69, 9.17) is 4.74 Å². The molecule has 0 aliphatic rings. The summed E-state index contributed by atoms with van der Waals surface area (Å²) in [4.78, 5) is 16.6. The molecule has 0 atom stereocenters. The first-order valence-corrected chi connectivity index (χ1v) is 9.24. The average molecular weight is 364 g/mol. The number of nitrogens with one attached hydrogen (secondary N) is 1. The second kappa shape index (κ2) is 8.45. The summed E-state index contributed by atoms with van der Waals surface area (Å²) >= 11 is 1.42. The highest BCUT2D eigenvalue weighted by Gasteiger charge is 2.06. The van der Waals surface area contributed by atoms with Gasteiger partial charge in [-0.25, -0.2) is 4.98 Å². The molecule has 3 aromatic rings. The topological polar surface area (TPSA) is 51.2 Å². The number of anilines is 1. The Hall–Kier alpha value is -2.92. The highest BCUT2D eigenvalue weighted by molar-refractivity contribution is 7.14. The van der Waals surface area contributed by atoms with Crippen molar-refractivity contribution in [2.24, 2.45) is 0 Å². The zero-order valence-electron chi connectivity index (χ0n) is 14.7. The van der Waals surface area contributed by atoms with Gasteiger partial charge in [-0.15, -0.1) is 11.3 Å². The van der Waals surface area contributed by atoms with E-state index in [-0.39, 0.29) is 5.91 Å². The number of carbonyl (C=O) groups excluding carboxylic acids is 1. The third-order valence-corrected chi connectivity index (χ3v) is 4.69. The molecule has 3 rings (SSSR count). The summed E-state index contributed by atoms with van der Waals surface area (Å²) in [6.45, 7) is 2.13. The molecule has 1 heterocycles. The minimum atomic E-state index is -0.206. The molecule has 0 saturated heterocycles. The van der Waals surface area contributed by atoms with Gasteiger partial charge in [0, 0.05) is 17.0 Å². The highest BCUT2D eigenvalue weighted by atomic mass is 32.1. The van der Waals surface area contributed by atoms with Crippen molar-refractivity contribution in [3.63, 3.8) is 0 Å². The molecule has 0 saturated carbocycles. The molecule has 2 aromatic carbocycles. The van der Waals surface area contributed by atoms with E-state index >= 15 is 0 Å². The zero-order valence-corrected chi connectivity index (χ0v) is 15.5. The molecule has 1 N–H and O–H groups in total. The Labute approximate surface area is 157 Å². The number of benzene rings is 2. The Morgan fingerprint density at radius 1 is 1.15 bits per heavy atom. The summed E-state index contributed by atoms with van der Waals surface area (Å²) < 4.78 is 5.12. The minimum absolute atomic E-state index is 0.206. The van der Waals surface area contributed by atoms with Crippen LogP contribution in [0, 0.1) is 0 Å². The lowest BCUT2D eigenvalue weighted by Crippen LogP contribution is -2.07. The van der Waals surface area contributed by atoms with Gasteiger partial charge in [-0.1, -0.05) is 43.3 Å². The van der Waals surface area contributed by atoms with Gasteiger partial charge < -0.3 is 4.74 Å². The van der Waals surface area contributed by atoms with Crippen molar-refractivity contribution in [2.45, 2.75) is 13.3 Å². The number of ether oxygens (including phenoxy) is 1. The van der Waals surface area contributed by atoms with Crippen LogP contribution in [0.1, 0.15) is 18.1 Å². The Morgan fingerprint density at radius 3 is 2.54 bits per heavy atom. The van der Waals surface area contributed by atoms with E-state index in [2.05, 4.69) is 41.5 Å². The van der Waals surface area contributed by atoms with Crippen LogP contribution in [0.2, 0.25) is 0 Å². The van der Waals surface area contributed by atoms with Crippen molar-refractivity contribution >= 4 is 28.5 Å². The number of hydrogen-bond donors (Lipinski definition) is 1. The van der Waals surface area contributed by atoms with Crippen LogP contribution in [0.15, 0.2) is 60.0 Å². The van der Waals surface area contributed by atoms with Gasteiger partial charge in [-0.05, 0) is 35.8 Å². The molecular weight excluding hydrogens is 344 g/mol. The molecule has 1 aromatic heterocycles. The summed E-state index contributed by atoms with van der Waals surface area (Å²) in [6.07, 6.45) is 4.27. The molecule has 0 aliphatic heterocycles. The monoisotopic (exact) mass is 364 g/mol. The third-order valence-electron chi connectivity index (χ3n) is 3.94. The Kier molecular flexibility index (Phi) is 5.81. The second-order valence-corrected chi connectivity index (χ2v) is 6.54. The Balaban J connectivity index is 1.62. The normalized spacial score (nSPS) is 10.8. The second-order valence-electron chi connectivity index (χ2n) is 5.68. The summed E-state index contributed by atoms with van der Waals surface area (Å²) in [5, 5.41) is 5.34. The van der Waals surface area contributed by atoms with Gasteiger partial charge in [0.25, 0.3) is 0 Å². The van der Waals surface area contributed by atoms with E-state index in [1.54, 1.807) is 13.2 Å².